The van der Waals surface area contributed by atoms with Crippen LogP contribution in [0.2, 0.25) is 0 Å². The molecule has 0 saturated carbocycles. The molecule has 8 nitrogen and oxygen atoms in total. The molecule has 1 aliphatic rings. The fraction of sp³-hybridized carbons (Fsp3) is 0.391. The summed E-state index contributed by atoms with van der Waals surface area (Å²) in [6.45, 7) is 5.00. The van der Waals surface area contributed by atoms with Crippen molar-refractivity contribution >= 4 is 28.9 Å². The van der Waals surface area contributed by atoms with E-state index < -0.39 is 22.9 Å². The molecule has 8 heteroatoms. The van der Waals surface area contributed by atoms with E-state index in [4.69, 9.17) is 4.74 Å². The average Bonchev–Trinajstić information content (AvgIpc) is 2.79. The largest absolute Gasteiger partial charge is 0.449 e. The van der Waals surface area contributed by atoms with Crippen molar-refractivity contribution in [1.29, 1.82) is 0 Å². The van der Waals surface area contributed by atoms with Gasteiger partial charge in [-0.05, 0) is 62.4 Å². The highest BCUT2D eigenvalue weighted by Crippen LogP contribution is 2.31. The number of amides is 1. The third-order valence-electron chi connectivity index (χ3n) is 5.39. The second-order valence-corrected chi connectivity index (χ2v) is 7.60. The molecule has 164 valence electrons. The van der Waals surface area contributed by atoms with Crippen LogP contribution in [0.15, 0.2) is 42.5 Å². The van der Waals surface area contributed by atoms with Crippen LogP contribution in [0.1, 0.15) is 49.0 Å². The quantitative estimate of drug-likeness (QED) is 0.402. The van der Waals surface area contributed by atoms with Crippen LogP contribution in [-0.2, 0) is 16.0 Å². The average molecular weight is 425 g/mol. The number of hydrogen-bond donors (Lipinski definition) is 1. The molecule has 1 amide bonds. The van der Waals surface area contributed by atoms with Crippen LogP contribution in [0.25, 0.3) is 0 Å². The van der Waals surface area contributed by atoms with Crippen molar-refractivity contribution in [3.8, 4) is 0 Å². The van der Waals surface area contributed by atoms with Gasteiger partial charge < -0.3 is 15.0 Å². The lowest BCUT2D eigenvalue weighted by Gasteiger charge is -2.28. The Labute approximate surface area is 181 Å². The molecule has 1 N–H and O–H groups in total. The normalized spacial score (nSPS) is 14.6. The highest BCUT2D eigenvalue weighted by atomic mass is 16.6. The summed E-state index contributed by atoms with van der Waals surface area (Å²) in [4.78, 5) is 37.9. The van der Waals surface area contributed by atoms with E-state index in [1.165, 1.54) is 19.1 Å². The van der Waals surface area contributed by atoms with Crippen LogP contribution in [-0.4, -0.2) is 36.0 Å². The molecule has 1 fully saturated rings. The molecule has 0 radical (unpaired) electrons. The van der Waals surface area contributed by atoms with Gasteiger partial charge in [0, 0.05) is 24.8 Å². The second kappa shape index (κ2) is 10.1. The first-order valence-electron chi connectivity index (χ1n) is 10.5. The zero-order chi connectivity index (χ0) is 22.4. The monoisotopic (exact) mass is 425 g/mol. The van der Waals surface area contributed by atoms with Crippen LogP contribution in [0.3, 0.4) is 0 Å². The van der Waals surface area contributed by atoms with Crippen molar-refractivity contribution in [2.75, 3.05) is 23.3 Å². The van der Waals surface area contributed by atoms with Gasteiger partial charge in [0.15, 0.2) is 6.10 Å². The molecule has 1 saturated heterocycles. The van der Waals surface area contributed by atoms with Crippen molar-refractivity contribution in [3.63, 3.8) is 0 Å². The minimum Gasteiger partial charge on any atom is -0.449 e. The van der Waals surface area contributed by atoms with Gasteiger partial charge in [-0.3, -0.25) is 14.9 Å². The van der Waals surface area contributed by atoms with Crippen LogP contribution in [0.4, 0.5) is 17.1 Å². The van der Waals surface area contributed by atoms with Gasteiger partial charge in [0.2, 0.25) is 0 Å². The number of nitro groups is 1. The van der Waals surface area contributed by atoms with E-state index in [0.717, 1.165) is 44.3 Å². The molecular weight excluding hydrogens is 398 g/mol. The lowest BCUT2D eigenvalue weighted by molar-refractivity contribution is -0.384. The second-order valence-electron chi connectivity index (χ2n) is 7.60. The first-order valence-corrected chi connectivity index (χ1v) is 10.5. The molecule has 0 aliphatic carbocycles. The van der Waals surface area contributed by atoms with Crippen molar-refractivity contribution < 1.29 is 19.2 Å². The molecule has 1 aliphatic heterocycles. The molecule has 0 bridgehead atoms. The molecule has 31 heavy (non-hydrogen) atoms. The number of rotatable bonds is 7. The van der Waals surface area contributed by atoms with Crippen molar-refractivity contribution in [2.24, 2.45) is 0 Å². The van der Waals surface area contributed by atoms with E-state index in [1.807, 2.05) is 24.0 Å². The summed E-state index contributed by atoms with van der Waals surface area (Å²) in [6.07, 6.45) is 2.91. The fourth-order valence-electron chi connectivity index (χ4n) is 3.55. The minimum absolute atomic E-state index is 0.0411. The third kappa shape index (κ3) is 5.59. The van der Waals surface area contributed by atoms with Crippen LogP contribution >= 0.6 is 0 Å². The zero-order valence-electron chi connectivity index (χ0n) is 17.8. The number of nitrogens with one attached hydrogen (secondary N) is 1. The summed E-state index contributed by atoms with van der Waals surface area (Å²) in [5.41, 5.74) is 2.16. The molecule has 2 aromatic rings. The van der Waals surface area contributed by atoms with E-state index in [0.29, 0.717) is 11.4 Å². The number of aryl methyl sites for hydroxylation is 1. The number of anilines is 2. The number of nitro benzene ring substituents is 1. The number of benzene rings is 2. The van der Waals surface area contributed by atoms with E-state index in [-0.39, 0.29) is 11.3 Å². The van der Waals surface area contributed by atoms with Gasteiger partial charge in [0.05, 0.1) is 10.5 Å². The molecular formula is C23H27N3O5. The van der Waals surface area contributed by atoms with Crippen LogP contribution in [0.5, 0.6) is 0 Å². The molecule has 0 aromatic heterocycles. The molecule has 1 heterocycles. The topological polar surface area (TPSA) is 102 Å². The Balaban J connectivity index is 1.67. The van der Waals surface area contributed by atoms with Gasteiger partial charge in [-0.1, -0.05) is 19.1 Å². The maximum absolute atomic E-state index is 12.5. The van der Waals surface area contributed by atoms with Crippen molar-refractivity contribution in [3.05, 3.63) is 63.7 Å². The number of carbonyl (C=O) groups is 2. The first-order chi connectivity index (χ1) is 14.9. The summed E-state index contributed by atoms with van der Waals surface area (Å²) in [6, 6.07) is 11.7. The van der Waals surface area contributed by atoms with E-state index in [1.54, 1.807) is 18.2 Å². The Hall–Kier alpha value is -3.42. The lowest BCUT2D eigenvalue weighted by atomic mass is 10.1. The summed E-state index contributed by atoms with van der Waals surface area (Å²) < 4.78 is 5.25. The van der Waals surface area contributed by atoms with Crippen LogP contribution < -0.4 is 10.2 Å². The number of nitrogens with zero attached hydrogens (tertiary/aromatic N) is 2. The highest BCUT2D eigenvalue weighted by molar-refractivity contribution is 5.97. The molecule has 1 atom stereocenters. The third-order valence-corrected chi connectivity index (χ3v) is 5.39. The molecule has 3 rings (SSSR count). The minimum atomic E-state index is -1.06. The van der Waals surface area contributed by atoms with Gasteiger partial charge in [0.1, 0.15) is 5.69 Å². The number of hydrogen-bond acceptors (Lipinski definition) is 6. The maximum Gasteiger partial charge on any atom is 0.339 e. The maximum atomic E-state index is 12.5. The SMILES string of the molecule is CCc1ccc(NC(=O)C(C)OC(=O)c2ccc(N3CCCCC3)c([N+](=O)[O-])c2)cc1. The van der Waals surface area contributed by atoms with Gasteiger partial charge in [-0.15, -0.1) is 0 Å². The Morgan fingerprint density at radius 2 is 1.81 bits per heavy atom. The van der Waals surface area contributed by atoms with Crippen molar-refractivity contribution in [2.45, 2.75) is 45.6 Å². The highest BCUT2D eigenvalue weighted by Gasteiger charge is 2.25. The Morgan fingerprint density at radius 3 is 2.42 bits per heavy atom. The van der Waals surface area contributed by atoms with Crippen molar-refractivity contribution in [1.82, 2.24) is 0 Å². The number of carbonyl (C=O) groups excluding carboxylic acids is 2. The van der Waals surface area contributed by atoms with Gasteiger partial charge in [-0.25, -0.2) is 4.79 Å². The van der Waals surface area contributed by atoms with E-state index in [2.05, 4.69) is 5.32 Å². The first kappa shape index (κ1) is 22.3. The molecule has 0 spiro atoms. The number of ether oxygens (including phenoxy) is 1. The summed E-state index contributed by atoms with van der Waals surface area (Å²) in [7, 11) is 0. The van der Waals surface area contributed by atoms with Crippen LogP contribution in [0, 0.1) is 10.1 Å². The van der Waals surface area contributed by atoms with Gasteiger partial charge >= 0.3 is 5.97 Å². The predicted octanol–water partition coefficient (Wildman–Crippen LogP) is 4.33. The zero-order valence-corrected chi connectivity index (χ0v) is 17.8. The smallest absolute Gasteiger partial charge is 0.339 e. The lowest BCUT2D eigenvalue weighted by Crippen LogP contribution is -2.31. The van der Waals surface area contributed by atoms with Gasteiger partial charge in [0.25, 0.3) is 11.6 Å². The number of esters is 1. The Kier molecular flexibility index (Phi) is 7.23. The Morgan fingerprint density at radius 1 is 1.13 bits per heavy atom. The Bertz CT molecular complexity index is 952. The predicted molar refractivity (Wildman–Crippen MR) is 118 cm³/mol. The van der Waals surface area contributed by atoms with E-state index in [9.17, 15) is 19.7 Å². The molecule has 1 unspecified atom stereocenters. The summed E-state index contributed by atoms with van der Waals surface area (Å²) in [5.74, 6) is -1.26. The number of piperidine rings is 1. The fourth-order valence-corrected chi connectivity index (χ4v) is 3.55. The van der Waals surface area contributed by atoms with Gasteiger partial charge in [-0.2, -0.15) is 0 Å². The summed E-state index contributed by atoms with van der Waals surface area (Å²) in [5, 5.41) is 14.3. The summed E-state index contributed by atoms with van der Waals surface area (Å²) >= 11 is 0. The van der Waals surface area contributed by atoms with E-state index >= 15 is 0 Å². The molecule has 2 aromatic carbocycles. The standard InChI is InChI=1S/C23H27N3O5/c1-3-17-7-10-19(11-8-17)24-22(27)16(2)31-23(28)18-9-12-20(21(15-18)26(29)30)25-13-5-4-6-14-25/h7-12,15-16H,3-6,13-14H2,1-2H3,(H,24,27).